The molecule has 1 heterocycles. The van der Waals surface area contributed by atoms with E-state index in [1.807, 2.05) is 11.3 Å². The topological polar surface area (TPSA) is 24.9 Å². The molecule has 2 rings (SSSR count). The molecule has 17 heavy (non-hydrogen) atoms. The molecule has 2 nitrogen and oxygen atoms in total. The summed E-state index contributed by atoms with van der Waals surface area (Å²) in [6.45, 7) is 7.57. The van der Waals surface area contributed by atoms with Gasteiger partial charge in [0.05, 0.1) is 10.7 Å². The second-order valence-corrected chi connectivity index (χ2v) is 6.28. The number of nitrogens with one attached hydrogen (secondary N) is 1. The van der Waals surface area contributed by atoms with Crippen molar-refractivity contribution in [1.82, 2.24) is 10.3 Å². The van der Waals surface area contributed by atoms with Crippen molar-refractivity contribution in [3.05, 3.63) is 27.2 Å². The van der Waals surface area contributed by atoms with Crippen LogP contribution < -0.4 is 5.32 Å². The summed E-state index contributed by atoms with van der Waals surface area (Å²) in [6.07, 6.45) is 7.26. The Bertz CT molecular complexity index is 383. The fraction of sp³-hybridized carbons (Fsp3) is 0.643. The maximum Gasteiger partial charge on any atom is 0.0971 e. The lowest BCUT2D eigenvalue weighted by Crippen LogP contribution is -2.16. The highest BCUT2D eigenvalue weighted by molar-refractivity contribution is 7.11. The molecule has 0 atom stereocenters. The first-order valence-electron chi connectivity index (χ1n) is 6.47. The van der Waals surface area contributed by atoms with Gasteiger partial charge in [0.2, 0.25) is 0 Å². The van der Waals surface area contributed by atoms with E-state index in [4.69, 9.17) is 0 Å². The fourth-order valence-corrected chi connectivity index (χ4v) is 2.85. The molecule has 0 unspecified atom stereocenters. The molecule has 1 aliphatic carbocycles. The van der Waals surface area contributed by atoms with Crippen LogP contribution in [-0.2, 0) is 6.42 Å². The average molecular weight is 250 g/mol. The number of thiazole rings is 1. The van der Waals surface area contributed by atoms with Gasteiger partial charge < -0.3 is 5.32 Å². The van der Waals surface area contributed by atoms with Gasteiger partial charge in [0.1, 0.15) is 0 Å². The summed E-state index contributed by atoms with van der Waals surface area (Å²) >= 11 is 1.83. The van der Waals surface area contributed by atoms with Crippen LogP contribution >= 0.6 is 11.3 Å². The highest BCUT2D eigenvalue weighted by atomic mass is 32.1. The lowest BCUT2D eigenvalue weighted by atomic mass is 10.2. The minimum Gasteiger partial charge on any atom is -0.314 e. The molecule has 0 spiro atoms. The van der Waals surface area contributed by atoms with Gasteiger partial charge in [-0.2, -0.15) is 0 Å². The van der Waals surface area contributed by atoms with E-state index in [9.17, 15) is 0 Å². The summed E-state index contributed by atoms with van der Waals surface area (Å²) in [6, 6.07) is 0.827. The second kappa shape index (κ2) is 5.78. The maximum atomic E-state index is 4.58. The van der Waals surface area contributed by atoms with Crippen molar-refractivity contribution in [1.29, 1.82) is 0 Å². The van der Waals surface area contributed by atoms with Gasteiger partial charge in [-0.05, 0) is 46.6 Å². The monoisotopic (exact) mass is 250 g/mol. The molecule has 0 aromatic carbocycles. The van der Waals surface area contributed by atoms with Gasteiger partial charge in [-0.25, -0.2) is 4.98 Å². The molecule has 1 aromatic heterocycles. The summed E-state index contributed by atoms with van der Waals surface area (Å²) in [5.74, 6) is 0. The zero-order chi connectivity index (χ0) is 12.3. The second-order valence-electron chi connectivity index (χ2n) is 4.99. The van der Waals surface area contributed by atoms with E-state index in [1.54, 1.807) is 0 Å². The molecule has 94 valence electrons. The molecule has 1 saturated carbocycles. The number of aryl methyl sites for hydroxylation is 2. The summed E-state index contributed by atoms with van der Waals surface area (Å²) < 4.78 is 0. The van der Waals surface area contributed by atoms with Gasteiger partial charge in [0.15, 0.2) is 0 Å². The fourth-order valence-electron chi connectivity index (χ4n) is 1.82. The third-order valence-corrected chi connectivity index (χ3v) is 4.22. The number of hydrogen-bond donors (Lipinski definition) is 1. The third-order valence-electron chi connectivity index (χ3n) is 3.15. The van der Waals surface area contributed by atoms with E-state index >= 15 is 0 Å². The van der Waals surface area contributed by atoms with E-state index in [0.717, 1.165) is 25.4 Å². The Hall–Kier alpha value is -0.670. The van der Waals surface area contributed by atoms with Crippen molar-refractivity contribution in [2.24, 2.45) is 0 Å². The van der Waals surface area contributed by atoms with Crippen molar-refractivity contribution < 1.29 is 0 Å². The molecule has 3 heteroatoms. The van der Waals surface area contributed by atoms with Crippen LogP contribution in [0.5, 0.6) is 0 Å². The summed E-state index contributed by atoms with van der Waals surface area (Å²) in [4.78, 5) is 5.93. The minimum atomic E-state index is 0.827. The molecule has 1 aliphatic rings. The van der Waals surface area contributed by atoms with Crippen LogP contribution in [0, 0.1) is 13.8 Å². The lowest BCUT2D eigenvalue weighted by Gasteiger charge is -2.00. The van der Waals surface area contributed by atoms with E-state index in [0.29, 0.717) is 0 Å². The van der Waals surface area contributed by atoms with Gasteiger partial charge in [0.25, 0.3) is 0 Å². The van der Waals surface area contributed by atoms with Crippen LogP contribution in [0.1, 0.15) is 41.8 Å². The zero-order valence-electron chi connectivity index (χ0n) is 11.0. The predicted molar refractivity (Wildman–Crippen MR) is 74.7 cm³/mol. The average Bonchev–Trinajstić information content (AvgIpc) is 3.03. The summed E-state index contributed by atoms with van der Waals surface area (Å²) in [5.41, 5.74) is 2.63. The Labute approximate surface area is 108 Å². The van der Waals surface area contributed by atoms with Gasteiger partial charge in [-0.3, -0.25) is 0 Å². The molecule has 1 N–H and O–H groups in total. The van der Waals surface area contributed by atoms with Crippen molar-refractivity contribution in [2.45, 2.75) is 52.5 Å². The first kappa shape index (κ1) is 12.8. The minimum absolute atomic E-state index is 0.827. The predicted octanol–water partition coefficient (Wildman–Crippen LogP) is 3.39. The summed E-state index contributed by atoms with van der Waals surface area (Å²) in [5, 5.41) is 4.79. The van der Waals surface area contributed by atoms with Crippen molar-refractivity contribution >= 4 is 11.3 Å². The van der Waals surface area contributed by atoms with E-state index in [2.05, 4.69) is 37.1 Å². The molecule has 0 amide bonds. The molecule has 0 bridgehead atoms. The number of hydrogen-bond acceptors (Lipinski definition) is 3. The molecule has 0 radical (unpaired) electrons. The van der Waals surface area contributed by atoms with E-state index in [1.165, 1.54) is 34.0 Å². The van der Waals surface area contributed by atoms with Crippen molar-refractivity contribution in [3.63, 3.8) is 0 Å². The van der Waals surface area contributed by atoms with Gasteiger partial charge in [-0.15, -0.1) is 11.3 Å². The Morgan fingerprint density at radius 3 is 2.82 bits per heavy atom. The third kappa shape index (κ3) is 4.25. The molecule has 1 fully saturated rings. The van der Waals surface area contributed by atoms with Crippen molar-refractivity contribution in [3.8, 4) is 0 Å². The zero-order valence-corrected chi connectivity index (χ0v) is 11.9. The maximum absolute atomic E-state index is 4.58. The molecular weight excluding hydrogens is 228 g/mol. The normalized spacial score (nSPS) is 16.5. The van der Waals surface area contributed by atoms with E-state index < -0.39 is 0 Å². The Morgan fingerprint density at radius 1 is 1.47 bits per heavy atom. The smallest absolute Gasteiger partial charge is 0.0971 e. The number of allylic oxidation sites excluding steroid dienone is 1. The Morgan fingerprint density at radius 2 is 2.24 bits per heavy atom. The summed E-state index contributed by atoms with van der Waals surface area (Å²) in [7, 11) is 0. The Kier molecular flexibility index (Phi) is 4.35. The molecule has 1 aromatic rings. The first-order chi connectivity index (χ1) is 8.15. The van der Waals surface area contributed by atoms with Crippen LogP contribution in [0.15, 0.2) is 11.6 Å². The van der Waals surface area contributed by atoms with Crippen LogP contribution in [0.3, 0.4) is 0 Å². The highest BCUT2D eigenvalue weighted by Gasteiger charge is 2.19. The highest BCUT2D eigenvalue weighted by Crippen LogP contribution is 2.20. The number of rotatable bonds is 6. The standard InChI is InChI=1S/C14H22N2S/c1-10(5-4-8-15-13-6-7-13)9-14-16-11(2)12(3)17-14/h5,13,15H,4,6-9H2,1-3H3. The van der Waals surface area contributed by atoms with Crippen LogP contribution in [0.25, 0.3) is 0 Å². The first-order valence-corrected chi connectivity index (χ1v) is 7.28. The van der Waals surface area contributed by atoms with Crippen molar-refractivity contribution in [2.75, 3.05) is 6.54 Å². The van der Waals surface area contributed by atoms with Crippen LogP contribution in [-0.4, -0.2) is 17.6 Å². The van der Waals surface area contributed by atoms with E-state index in [-0.39, 0.29) is 0 Å². The Balaban J connectivity index is 1.74. The molecule has 0 saturated heterocycles. The van der Waals surface area contributed by atoms with Crippen LogP contribution in [0.4, 0.5) is 0 Å². The van der Waals surface area contributed by atoms with Gasteiger partial charge >= 0.3 is 0 Å². The largest absolute Gasteiger partial charge is 0.314 e. The number of nitrogens with zero attached hydrogens (tertiary/aromatic N) is 1. The SMILES string of the molecule is CC(=CCCNC1CC1)Cc1nc(C)c(C)s1. The number of aromatic nitrogens is 1. The molecule has 0 aliphatic heterocycles. The van der Waals surface area contributed by atoms with Gasteiger partial charge in [0, 0.05) is 17.3 Å². The molecular formula is C14H22N2S. The van der Waals surface area contributed by atoms with Gasteiger partial charge in [-0.1, -0.05) is 11.6 Å². The lowest BCUT2D eigenvalue weighted by molar-refractivity contribution is 0.688. The quantitative estimate of drug-likeness (QED) is 0.618. The van der Waals surface area contributed by atoms with Crippen LogP contribution in [0.2, 0.25) is 0 Å².